The summed E-state index contributed by atoms with van der Waals surface area (Å²) in [5.74, 6) is 0.909. The molecule has 3 aromatic rings. The highest BCUT2D eigenvalue weighted by Crippen LogP contribution is 2.31. The second kappa shape index (κ2) is 7.03. The number of ether oxygens (including phenoxy) is 1. The predicted molar refractivity (Wildman–Crippen MR) is 98.9 cm³/mol. The fraction of sp³-hybridized carbons (Fsp3) is 0.316. The van der Waals surface area contributed by atoms with Gasteiger partial charge in [0.25, 0.3) is 0 Å². The van der Waals surface area contributed by atoms with Gasteiger partial charge in [-0.15, -0.1) is 0 Å². The molecule has 0 bridgehead atoms. The second-order valence-electron chi connectivity index (χ2n) is 6.58. The number of hydrogen-bond donors (Lipinski definition) is 2. The number of fused-ring (bicyclic) bond motifs is 1. The number of aromatic nitrogens is 3. The van der Waals surface area contributed by atoms with Crippen LogP contribution in [0.25, 0.3) is 11.0 Å². The minimum absolute atomic E-state index is 0.134. The molecule has 7 nitrogen and oxygen atoms in total. The molecule has 134 valence electrons. The lowest BCUT2D eigenvalue weighted by Gasteiger charge is -2.41. The molecule has 0 spiro atoms. The van der Waals surface area contributed by atoms with Crippen LogP contribution in [0, 0.1) is 0 Å². The molecule has 4 rings (SSSR count). The molecule has 0 radical (unpaired) electrons. The third-order valence-corrected chi connectivity index (χ3v) is 4.86. The number of amides is 1. The molecular formula is C19H21N5O2. The first-order valence-electron chi connectivity index (χ1n) is 8.69. The van der Waals surface area contributed by atoms with Crippen LogP contribution < -0.4 is 10.2 Å². The topological polar surface area (TPSA) is 83.1 Å². The molecule has 1 saturated carbocycles. The Morgan fingerprint density at radius 2 is 2.08 bits per heavy atom. The Hall–Kier alpha value is -3.09. The number of carbonyl (C=O) groups excluding carboxylic acids is 1. The predicted octanol–water partition coefficient (Wildman–Crippen LogP) is 2.85. The fourth-order valence-electron chi connectivity index (χ4n) is 3.27. The maximum absolute atomic E-state index is 11.9. The van der Waals surface area contributed by atoms with Crippen molar-refractivity contribution in [3.8, 4) is 0 Å². The molecule has 0 saturated heterocycles. The average Bonchev–Trinajstić information content (AvgIpc) is 3.12. The van der Waals surface area contributed by atoms with E-state index in [1.165, 1.54) is 0 Å². The summed E-state index contributed by atoms with van der Waals surface area (Å²) in [6.45, 7) is 0.287. The van der Waals surface area contributed by atoms with E-state index in [1.54, 1.807) is 6.33 Å². The van der Waals surface area contributed by atoms with Gasteiger partial charge in [-0.1, -0.05) is 30.3 Å². The van der Waals surface area contributed by atoms with Gasteiger partial charge in [-0.05, 0) is 24.5 Å². The van der Waals surface area contributed by atoms with E-state index in [1.807, 2.05) is 49.6 Å². The van der Waals surface area contributed by atoms with Gasteiger partial charge in [0.15, 0.2) is 0 Å². The van der Waals surface area contributed by atoms with Crippen LogP contribution >= 0.6 is 0 Å². The summed E-state index contributed by atoms with van der Waals surface area (Å²) in [6.07, 6.45) is 4.81. The third-order valence-electron chi connectivity index (χ3n) is 4.86. The summed E-state index contributed by atoms with van der Waals surface area (Å²) in [5.41, 5.74) is 1.81. The van der Waals surface area contributed by atoms with E-state index in [2.05, 4.69) is 25.2 Å². The average molecular weight is 351 g/mol. The minimum Gasteiger partial charge on any atom is -0.445 e. The Labute approximate surface area is 151 Å². The second-order valence-corrected chi connectivity index (χ2v) is 6.58. The summed E-state index contributed by atoms with van der Waals surface area (Å²) in [5, 5.41) is 3.94. The molecule has 2 heterocycles. The number of benzene rings is 1. The van der Waals surface area contributed by atoms with Crippen molar-refractivity contribution in [2.75, 3.05) is 11.9 Å². The van der Waals surface area contributed by atoms with E-state index in [0.717, 1.165) is 35.3 Å². The monoisotopic (exact) mass is 351 g/mol. The van der Waals surface area contributed by atoms with Gasteiger partial charge in [0.2, 0.25) is 0 Å². The Kier molecular flexibility index (Phi) is 4.43. The van der Waals surface area contributed by atoms with E-state index in [9.17, 15) is 4.79 Å². The highest BCUT2D eigenvalue weighted by molar-refractivity contribution is 5.87. The van der Waals surface area contributed by atoms with Crippen molar-refractivity contribution < 1.29 is 9.53 Å². The molecular weight excluding hydrogens is 330 g/mol. The molecule has 2 aromatic heterocycles. The van der Waals surface area contributed by atoms with Crippen molar-refractivity contribution in [2.24, 2.45) is 0 Å². The van der Waals surface area contributed by atoms with E-state index in [4.69, 9.17) is 4.74 Å². The molecule has 7 heteroatoms. The van der Waals surface area contributed by atoms with Crippen LogP contribution in [-0.2, 0) is 11.3 Å². The van der Waals surface area contributed by atoms with E-state index in [0.29, 0.717) is 6.04 Å². The zero-order valence-corrected chi connectivity index (χ0v) is 14.6. The van der Waals surface area contributed by atoms with Gasteiger partial charge < -0.3 is 19.9 Å². The molecule has 1 aromatic carbocycles. The maximum Gasteiger partial charge on any atom is 0.407 e. The lowest BCUT2D eigenvalue weighted by atomic mass is 9.85. The van der Waals surface area contributed by atoms with Crippen LogP contribution in [0.5, 0.6) is 0 Å². The first-order chi connectivity index (χ1) is 12.7. The lowest BCUT2D eigenvalue weighted by Crippen LogP contribution is -2.53. The Morgan fingerprint density at radius 3 is 2.88 bits per heavy atom. The number of anilines is 1. The van der Waals surface area contributed by atoms with Gasteiger partial charge in [-0.2, -0.15) is 0 Å². The van der Waals surface area contributed by atoms with Gasteiger partial charge in [-0.3, -0.25) is 0 Å². The van der Waals surface area contributed by atoms with Crippen LogP contribution in [-0.4, -0.2) is 40.2 Å². The smallest absolute Gasteiger partial charge is 0.407 e. The summed E-state index contributed by atoms with van der Waals surface area (Å²) >= 11 is 0. The lowest BCUT2D eigenvalue weighted by molar-refractivity contribution is 0.127. The maximum atomic E-state index is 11.9. The number of hydrogen-bond acceptors (Lipinski definition) is 5. The van der Waals surface area contributed by atoms with E-state index in [-0.39, 0.29) is 18.7 Å². The summed E-state index contributed by atoms with van der Waals surface area (Å²) in [7, 11) is 2.03. The van der Waals surface area contributed by atoms with Crippen molar-refractivity contribution in [3.63, 3.8) is 0 Å². The largest absolute Gasteiger partial charge is 0.445 e. The molecule has 1 fully saturated rings. The van der Waals surface area contributed by atoms with E-state index < -0.39 is 0 Å². The standard InChI is InChI=1S/C19H21N5O2/c1-24(18-16-7-8-20-17(16)21-12-22-18)15-9-14(10-15)23-19(25)26-11-13-5-3-2-4-6-13/h2-8,12,14-15H,9-11H2,1H3,(H,23,25)(H,20,21,22)/t14-,15+. The number of nitrogens with one attached hydrogen (secondary N) is 2. The quantitative estimate of drug-likeness (QED) is 0.738. The first-order valence-corrected chi connectivity index (χ1v) is 8.69. The number of rotatable bonds is 5. The zero-order valence-electron chi connectivity index (χ0n) is 14.6. The van der Waals surface area contributed by atoms with Crippen LogP contribution in [0.3, 0.4) is 0 Å². The molecule has 26 heavy (non-hydrogen) atoms. The molecule has 1 aliphatic carbocycles. The van der Waals surface area contributed by atoms with Crippen molar-refractivity contribution in [1.29, 1.82) is 0 Å². The molecule has 1 aliphatic rings. The number of alkyl carbamates (subject to hydrolysis) is 1. The summed E-state index contributed by atoms with van der Waals surface area (Å²) < 4.78 is 5.27. The van der Waals surface area contributed by atoms with Crippen molar-refractivity contribution >= 4 is 22.9 Å². The molecule has 2 N–H and O–H groups in total. The van der Waals surface area contributed by atoms with Crippen molar-refractivity contribution in [3.05, 3.63) is 54.5 Å². The molecule has 0 aliphatic heterocycles. The number of aromatic amines is 1. The van der Waals surface area contributed by atoms with Gasteiger partial charge in [0.05, 0.1) is 5.39 Å². The third kappa shape index (κ3) is 3.33. The summed E-state index contributed by atoms with van der Waals surface area (Å²) in [4.78, 5) is 25.8. The van der Waals surface area contributed by atoms with Crippen LogP contribution in [0.2, 0.25) is 0 Å². The Bertz CT molecular complexity index is 889. The van der Waals surface area contributed by atoms with E-state index >= 15 is 0 Å². The van der Waals surface area contributed by atoms with Gasteiger partial charge >= 0.3 is 6.09 Å². The Morgan fingerprint density at radius 1 is 1.27 bits per heavy atom. The Balaban J connectivity index is 1.27. The van der Waals surface area contributed by atoms with Crippen LogP contribution in [0.1, 0.15) is 18.4 Å². The fourth-order valence-corrected chi connectivity index (χ4v) is 3.27. The van der Waals surface area contributed by atoms with Gasteiger partial charge in [-0.25, -0.2) is 14.8 Å². The number of nitrogens with zero attached hydrogens (tertiary/aromatic N) is 3. The first kappa shape index (κ1) is 16.4. The molecule has 0 atom stereocenters. The normalized spacial score (nSPS) is 19.0. The number of carbonyl (C=O) groups is 1. The van der Waals surface area contributed by atoms with Gasteiger partial charge in [0, 0.05) is 25.3 Å². The van der Waals surface area contributed by atoms with Crippen molar-refractivity contribution in [1.82, 2.24) is 20.3 Å². The van der Waals surface area contributed by atoms with Crippen LogP contribution in [0.4, 0.5) is 10.6 Å². The van der Waals surface area contributed by atoms with Crippen LogP contribution in [0.15, 0.2) is 48.9 Å². The number of H-pyrrole nitrogens is 1. The summed E-state index contributed by atoms with van der Waals surface area (Å²) in [6, 6.07) is 12.1. The minimum atomic E-state index is -0.366. The SMILES string of the molecule is CN(c1ncnc2[nH]ccc12)[C@H]1C[C@@H](NC(=O)OCc2ccccc2)C1. The van der Waals surface area contributed by atoms with Gasteiger partial charge in [0.1, 0.15) is 24.4 Å². The molecule has 1 amide bonds. The highest BCUT2D eigenvalue weighted by atomic mass is 16.5. The highest BCUT2D eigenvalue weighted by Gasteiger charge is 2.34. The molecule has 0 unspecified atom stereocenters. The van der Waals surface area contributed by atoms with Crippen molar-refractivity contribution in [2.45, 2.75) is 31.5 Å². The zero-order chi connectivity index (χ0) is 17.9.